The lowest BCUT2D eigenvalue weighted by Gasteiger charge is -2.07. The Labute approximate surface area is 120 Å². The van der Waals surface area contributed by atoms with E-state index in [0.29, 0.717) is 5.02 Å². The molecule has 2 heterocycles. The summed E-state index contributed by atoms with van der Waals surface area (Å²) >= 11 is 7.73. The van der Waals surface area contributed by atoms with Crippen LogP contribution in [-0.4, -0.2) is 17.0 Å². The van der Waals surface area contributed by atoms with Crippen molar-refractivity contribution in [2.45, 2.75) is 6.92 Å². The molecule has 0 amide bonds. The number of halogens is 1. The molecule has 19 heavy (non-hydrogen) atoms. The van der Waals surface area contributed by atoms with Crippen molar-refractivity contribution in [3.05, 3.63) is 40.2 Å². The highest BCUT2D eigenvalue weighted by atomic mass is 35.5. The van der Waals surface area contributed by atoms with Crippen molar-refractivity contribution in [3.8, 4) is 10.7 Å². The van der Waals surface area contributed by atoms with Gasteiger partial charge in [0.1, 0.15) is 5.82 Å². The maximum Gasteiger partial charge on any atom is 0.172 e. The maximum atomic E-state index is 6.04. The van der Waals surface area contributed by atoms with Crippen LogP contribution < -0.4 is 5.32 Å². The lowest BCUT2D eigenvalue weighted by molar-refractivity contribution is 1.22. The fourth-order valence-corrected chi connectivity index (χ4v) is 2.93. The fraction of sp³-hybridized carbons (Fsp3) is 0.143. The highest BCUT2D eigenvalue weighted by Crippen LogP contribution is 2.30. The van der Waals surface area contributed by atoms with Crippen molar-refractivity contribution in [2.24, 2.45) is 0 Å². The SMILES string of the molecule is CNc1nc(-c2ccc(C)s2)nc2cc(Cl)ccc12. The Balaban J connectivity index is 2.26. The van der Waals surface area contributed by atoms with Gasteiger partial charge < -0.3 is 5.32 Å². The number of aromatic nitrogens is 2. The minimum atomic E-state index is 0.682. The molecule has 0 aliphatic carbocycles. The summed E-state index contributed by atoms with van der Waals surface area (Å²) in [5.41, 5.74) is 0.855. The third kappa shape index (κ3) is 2.29. The molecule has 0 saturated carbocycles. The van der Waals surface area contributed by atoms with E-state index in [1.165, 1.54) is 4.88 Å². The van der Waals surface area contributed by atoms with Crippen molar-refractivity contribution in [1.82, 2.24) is 9.97 Å². The molecule has 0 fully saturated rings. The second-order valence-electron chi connectivity index (χ2n) is 4.22. The summed E-state index contributed by atoms with van der Waals surface area (Å²) in [7, 11) is 1.86. The van der Waals surface area contributed by atoms with Gasteiger partial charge in [0.25, 0.3) is 0 Å². The van der Waals surface area contributed by atoms with Crippen molar-refractivity contribution >= 4 is 39.7 Å². The molecule has 0 atom stereocenters. The Kier molecular flexibility index (Phi) is 3.12. The molecule has 0 saturated heterocycles. The van der Waals surface area contributed by atoms with Gasteiger partial charge in [-0.25, -0.2) is 9.97 Å². The van der Waals surface area contributed by atoms with Gasteiger partial charge in [0.2, 0.25) is 0 Å². The molecule has 3 aromatic rings. The van der Waals surface area contributed by atoms with Gasteiger partial charge >= 0.3 is 0 Å². The van der Waals surface area contributed by atoms with Gasteiger partial charge in [0.15, 0.2) is 5.82 Å². The van der Waals surface area contributed by atoms with Crippen molar-refractivity contribution in [3.63, 3.8) is 0 Å². The first-order chi connectivity index (χ1) is 9.17. The number of aryl methyl sites for hydroxylation is 1. The summed E-state index contributed by atoms with van der Waals surface area (Å²) in [6.45, 7) is 2.07. The Morgan fingerprint density at radius 3 is 2.68 bits per heavy atom. The highest BCUT2D eigenvalue weighted by Gasteiger charge is 2.10. The molecule has 0 bridgehead atoms. The predicted molar refractivity (Wildman–Crippen MR) is 82.1 cm³/mol. The van der Waals surface area contributed by atoms with Gasteiger partial charge in [-0.05, 0) is 37.3 Å². The first-order valence-electron chi connectivity index (χ1n) is 5.89. The van der Waals surface area contributed by atoms with E-state index < -0.39 is 0 Å². The fourth-order valence-electron chi connectivity index (χ4n) is 1.96. The molecule has 3 nitrogen and oxygen atoms in total. The van der Waals surface area contributed by atoms with Gasteiger partial charge in [0.05, 0.1) is 10.4 Å². The average molecular weight is 290 g/mol. The van der Waals surface area contributed by atoms with Crippen LogP contribution in [-0.2, 0) is 0 Å². The van der Waals surface area contributed by atoms with Gasteiger partial charge in [-0.2, -0.15) is 0 Å². The van der Waals surface area contributed by atoms with Crippen molar-refractivity contribution in [1.29, 1.82) is 0 Å². The second-order valence-corrected chi connectivity index (χ2v) is 5.94. The number of thiophene rings is 1. The maximum absolute atomic E-state index is 6.04. The van der Waals surface area contributed by atoms with E-state index in [0.717, 1.165) is 27.4 Å². The molecular formula is C14H12ClN3S. The van der Waals surface area contributed by atoms with Crippen LogP contribution in [0.5, 0.6) is 0 Å². The molecule has 0 spiro atoms. The number of nitrogens with one attached hydrogen (secondary N) is 1. The molecule has 0 aliphatic rings. The van der Waals surface area contributed by atoms with E-state index in [2.05, 4.69) is 28.3 Å². The molecule has 0 aliphatic heterocycles. The minimum Gasteiger partial charge on any atom is -0.373 e. The van der Waals surface area contributed by atoms with E-state index in [-0.39, 0.29) is 0 Å². The van der Waals surface area contributed by atoms with Crippen LogP contribution >= 0.6 is 22.9 Å². The smallest absolute Gasteiger partial charge is 0.172 e. The zero-order valence-electron chi connectivity index (χ0n) is 10.6. The van der Waals surface area contributed by atoms with Gasteiger partial charge in [-0.15, -0.1) is 11.3 Å². The number of rotatable bonds is 2. The monoisotopic (exact) mass is 289 g/mol. The second kappa shape index (κ2) is 4.79. The third-order valence-corrected chi connectivity index (χ3v) is 4.09. The van der Waals surface area contributed by atoms with Gasteiger partial charge in [-0.1, -0.05) is 11.6 Å². The lowest BCUT2D eigenvalue weighted by atomic mass is 10.2. The molecule has 96 valence electrons. The topological polar surface area (TPSA) is 37.8 Å². The van der Waals surface area contributed by atoms with Crippen LogP contribution in [0.15, 0.2) is 30.3 Å². The van der Waals surface area contributed by atoms with Crippen LogP contribution in [0.1, 0.15) is 4.88 Å². The molecule has 3 rings (SSSR count). The van der Waals surface area contributed by atoms with Crippen LogP contribution in [0.2, 0.25) is 5.02 Å². The summed E-state index contributed by atoms with van der Waals surface area (Å²) in [6, 6.07) is 9.77. The molecule has 0 radical (unpaired) electrons. The Bertz CT molecular complexity index is 752. The zero-order chi connectivity index (χ0) is 13.4. The Hall–Kier alpha value is -1.65. The van der Waals surface area contributed by atoms with Crippen LogP contribution in [0, 0.1) is 6.92 Å². The first-order valence-corrected chi connectivity index (χ1v) is 7.08. The summed E-state index contributed by atoms with van der Waals surface area (Å²) in [5, 5.41) is 4.77. The first kappa shape index (κ1) is 12.4. The Morgan fingerprint density at radius 2 is 2.00 bits per heavy atom. The molecule has 2 aromatic heterocycles. The quantitative estimate of drug-likeness (QED) is 0.761. The molecule has 5 heteroatoms. The lowest BCUT2D eigenvalue weighted by Crippen LogP contribution is -1.97. The average Bonchev–Trinajstić information content (AvgIpc) is 2.83. The van der Waals surface area contributed by atoms with E-state index in [1.54, 1.807) is 11.3 Å². The number of nitrogens with zero attached hydrogens (tertiary/aromatic N) is 2. The molecular weight excluding hydrogens is 278 g/mol. The predicted octanol–water partition coefficient (Wildman–Crippen LogP) is 4.36. The largest absolute Gasteiger partial charge is 0.373 e. The third-order valence-electron chi connectivity index (χ3n) is 2.86. The van der Waals surface area contributed by atoms with Crippen LogP contribution in [0.3, 0.4) is 0 Å². The summed E-state index contributed by atoms with van der Waals surface area (Å²) < 4.78 is 0. The van der Waals surface area contributed by atoms with Gasteiger partial charge in [0, 0.05) is 22.3 Å². The number of fused-ring (bicyclic) bond motifs is 1. The van der Waals surface area contributed by atoms with Crippen molar-refractivity contribution < 1.29 is 0 Å². The number of anilines is 1. The zero-order valence-corrected chi connectivity index (χ0v) is 12.1. The standard InChI is InChI=1S/C14H12ClN3S/c1-8-3-6-12(19-8)14-17-11-7-9(15)4-5-10(11)13(16-2)18-14/h3-7H,1-2H3,(H,16,17,18). The van der Waals surface area contributed by atoms with E-state index in [9.17, 15) is 0 Å². The van der Waals surface area contributed by atoms with E-state index in [4.69, 9.17) is 11.6 Å². The van der Waals surface area contributed by atoms with Crippen LogP contribution in [0.25, 0.3) is 21.6 Å². The normalized spacial score (nSPS) is 10.9. The number of hydrogen-bond donors (Lipinski definition) is 1. The van der Waals surface area contributed by atoms with E-state index >= 15 is 0 Å². The molecule has 1 aromatic carbocycles. The summed E-state index contributed by atoms with van der Waals surface area (Å²) in [5.74, 6) is 1.56. The van der Waals surface area contributed by atoms with Crippen molar-refractivity contribution in [2.75, 3.05) is 12.4 Å². The summed E-state index contributed by atoms with van der Waals surface area (Å²) in [4.78, 5) is 11.5. The summed E-state index contributed by atoms with van der Waals surface area (Å²) in [6.07, 6.45) is 0. The molecule has 1 N–H and O–H groups in total. The number of benzene rings is 1. The minimum absolute atomic E-state index is 0.682. The Morgan fingerprint density at radius 1 is 1.16 bits per heavy atom. The highest BCUT2D eigenvalue weighted by molar-refractivity contribution is 7.15. The van der Waals surface area contributed by atoms with E-state index in [1.807, 2.05) is 31.3 Å². The van der Waals surface area contributed by atoms with Crippen LogP contribution in [0.4, 0.5) is 5.82 Å². The molecule has 0 unspecified atom stereocenters. The van der Waals surface area contributed by atoms with Gasteiger partial charge in [-0.3, -0.25) is 0 Å². The number of hydrogen-bond acceptors (Lipinski definition) is 4.